The minimum Gasteiger partial charge on any atom is -0.496 e. The Labute approximate surface area is 92.1 Å². The molecular formula is C10H13BrO3. The van der Waals surface area contributed by atoms with Gasteiger partial charge in [-0.05, 0) is 28.1 Å². The molecule has 0 radical (unpaired) electrons. The molecule has 3 nitrogen and oxygen atoms in total. The van der Waals surface area contributed by atoms with Gasteiger partial charge in [0.25, 0.3) is 0 Å². The van der Waals surface area contributed by atoms with Crippen LogP contribution in [0.5, 0.6) is 11.5 Å². The molecule has 0 aliphatic carbocycles. The smallest absolute Gasteiger partial charge is 0.133 e. The van der Waals surface area contributed by atoms with Crippen LogP contribution >= 0.6 is 15.9 Å². The van der Waals surface area contributed by atoms with E-state index in [2.05, 4.69) is 15.9 Å². The summed E-state index contributed by atoms with van der Waals surface area (Å²) in [6, 6.07) is 3.76. The fourth-order valence-corrected chi connectivity index (χ4v) is 1.68. The zero-order valence-corrected chi connectivity index (χ0v) is 10.1. The first-order valence-electron chi connectivity index (χ1n) is 4.12. The summed E-state index contributed by atoms with van der Waals surface area (Å²) in [6.07, 6.45) is 0. The van der Waals surface area contributed by atoms with E-state index in [0.29, 0.717) is 6.61 Å². The van der Waals surface area contributed by atoms with Crippen LogP contribution in [0, 0.1) is 0 Å². The second-order valence-corrected chi connectivity index (χ2v) is 3.59. The molecule has 0 aliphatic heterocycles. The summed E-state index contributed by atoms with van der Waals surface area (Å²) in [5.74, 6) is 1.57. The van der Waals surface area contributed by atoms with E-state index in [1.165, 1.54) is 0 Å². The minimum absolute atomic E-state index is 0.507. The Morgan fingerprint density at radius 1 is 1.07 bits per heavy atom. The molecule has 1 rings (SSSR count). The molecule has 1 aromatic carbocycles. The molecule has 0 aliphatic rings. The standard InChI is InChI=1S/C10H13BrO3/c1-12-6-7-4-10(14-3)8(11)5-9(7)13-2/h4-5H,6H2,1-3H3. The molecule has 0 unspecified atom stereocenters. The number of methoxy groups -OCH3 is 3. The van der Waals surface area contributed by atoms with Gasteiger partial charge in [0.05, 0.1) is 25.3 Å². The Kier molecular flexibility index (Phi) is 4.22. The molecular weight excluding hydrogens is 248 g/mol. The highest BCUT2D eigenvalue weighted by Crippen LogP contribution is 2.32. The van der Waals surface area contributed by atoms with Gasteiger partial charge in [0.15, 0.2) is 0 Å². The molecule has 0 amide bonds. The third-order valence-electron chi connectivity index (χ3n) is 1.85. The Balaban J connectivity index is 3.11. The predicted molar refractivity (Wildman–Crippen MR) is 58.0 cm³/mol. The van der Waals surface area contributed by atoms with E-state index in [1.807, 2.05) is 12.1 Å². The minimum atomic E-state index is 0.507. The average Bonchev–Trinajstić information content (AvgIpc) is 2.20. The molecule has 0 N–H and O–H groups in total. The van der Waals surface area contributed by atoms with Crippen molar-refractivity contribution in [2.45, 2.75) is 6.61 Å². The van der Waals surface area contributed by atoms with Gasteiger partial charge < -0.3 is 14.2 Å². The fraction of sp³-hybridized carbons (Fsp3) is 0.400. The lowest BCUT2D eigenvalue weighted by molar-refractivity contribution is 0.181. The van der Waals surface area contributed by atoms with Crippen LogP contribution in [0.2, 0.25) is 0 Å². The van der Waals surface area contributed by atoms with E-state index in [1.54, 1.807) is 21.3 Å². The van der Waals surface area contributed by atoms with Crippen LogP contribution in [0.4, 0.5) is 0 Å². The van der Waals surface area contributed by atoms with Gasteiger partial charge in [0.2, 0.25) is 0 Å². The molecule has 0 fully saturated rings. The van der Waals surface area contributed by atoms with Gasteiger partial charge in [-0.25, -0.2) is 0 Å². The normalized spacial score (nSPS) is 10.0. The summed E-state index contributed by atoms with van der Waals surface area (Å²) in [6.45, 7) is 0.507. The first-order chi connectivity index (χ1) is 6.72. The van der Waals surface area contributed by atoms with Crippen molar-refractivity contribution in [3.63, 3.8) is 0 Å². The van der Waals surface area contributed by atoms with Crippen LogP contribution in [-0.4, -0.2) is 21.3 Å². The van der Waals surface area contributed by atoms with E-state index in [4.69, 9.17) is 14.2 Å². The first-order valence-corrected chi connectivity index (χ1v) is 4.91. The molecule has 0 saturated heterocycles. The van der Waals surface area contributed by atoms with Crippen LogP contribution in [0.15, 0.2) is 16.6 Å². The number of ether oxygens (including phenoxy) is 3. The zero-order chi connectivity index (χ0) is 10.6. The third kappa shape index (κ3) is 2.39. The summed E-state index contributed by atoms with van der Waals surface area (Å²) >= 11 is 3.39. The second-order valence-electron chi connectivity index (χ2n) is 2.73. The summed E-state index contributed by atoms with van der Waals surface area (Å²) in [4.78, 5) is 0. The average molecular weight is 261 g/mol. The van der Waals surface area contributed by atoms with Crippen molar-refractivity contribution >= 4 is 15.9 Å². The summed E-state index contributed by atoms with van der Waals surface area (Å²) < 4.78 is 16.3. The zero-order valence-electron chi connectivity index (χ0n) is 8.46. The Bertz CT molecular complexity index is 312. The van der Waals surface area contributed by atoms with Gasteiger partial charge in [-0.3, -0.25) is 0 Å². The van der Waals surface area contributed by atoms with E-state index < -0.39 is 0 Å². The molecule has 4 heteroatoms. The predicted octanol–water partition coefficient (Wildman–Crippen LogP) is 2.61. The van der Waals surface area contributed by atoms with Gasteiger partial charge in [0, 0.05) is 12.7 Å². The highest BCUT2D eigenvalue weighted by molar-refractivity contribution is 9.10. The number of benzene rings is 1. The molecule has 0 saturated carbocycles. The number of hydrogen-bond acceptors (Lipinski definition) is 3. The van der Waals surface area contributed by atoms with Crippen LogP contribution in [-0.2, 0) is 11.3 Å². The molecule has 0 aromatic heterocycles. The first kappa shape index (κ1) is 11.3. The van der Waals surface area contributed by atoms with Crippen molar-refractivity contribution in [1.29, 1.82) is 0 Å². The van der Waals surface area contributed by atoms with Crippen LogP contribution in [0.25, 0.3) is 0 Å². The van der Waals surface area contributed by atoms with Crippen LogP contribution < -0.4 is 9.47 Å². The maximum atomic E-state index is 5.21. The van der Waals surface area contributed by atoms with Crippen molar-refractivity contribution in [2.24, 2.45) is 0 Å². The summed E-state index contributed by atoms with van der Waals surface area (Å²) in [7, 11) is 4.91. The SMILES string of the molecule is COCc1cc(OC)c(Br)cc1OC. The van der Waals surface area contributed by atoms with E-state index in [-0.39, 0.29) is 0 Å². The number of rotatable bonds is 4. The lowest BCUT2D eigenvalue weighted by Gasteiger charge is -2.11. The van der Waals surface area contributed by atoms with Crippen LogP contribution in [0.1, 0.15) is 5.56 Å². The monoisotopic (exact) mass is 260 g/mol. The largest absolute Gasteiger partial charge is 0.496 e. The quantitative estimate of drug-likeness (QED) is 0.833. The van der Waals surface area contributed by atoms with Crippen molar-refractivity contribution in [3.8, 4) is 11.5 Å². The van der Waals surface area contributed by atoms with Gasteiger partial charge in [0.1, 0.15) is 11.5 Å². The number of halogens is 1. The lowest BCUT2D eigenvalue weighted by Crippen LogP contribution is -1.96. The lowest BCUT2D eigenvalue weighted by atomic mass is 10.2. The van der Waals surface area contributed by atoms with Crippen molar-refractivity contribution in [1.82, 2.24) is 0 Å². The van der Waals surface area contributed by atoms with Gasteiger partial charge in [-0.2, -0.15) is 0 Å². The molecule has 0 atom stereocenters. The Morgan fingerprint density at radius 3 is 2.21 bits per heavy atom. The van der Waals surface area contributed by atoms with Gasteiger partial charge in [-0.1, -0.05) is 0 Å². The molecule has 0 spiro atoms. The van der Waals surface area contributed by atoms with Crippen molar-refractivity contribution in [3.05, 3.63) is 22.2 Å². The van der Waals surface area contributed by atoms with E-state index in [9.17, 15) is 0 Å². The number of hydrogen-bond donors (Lipinski definition) is 0. The van der Waals surface area contributed by atoms with Crippen molar-refractivity contribution < 1.29 is 14.2 Å². The van der Waals surface area contributed by atoms with Gasteiger partial charge >= 0.3 is 0 Å². The maximum Gasteiger partial charge on any atom is 0.133 e. The summed E-state index contributed by atoms with van der Waals surface area (Å²) in [5.41, 5.74) is 0.968. The van der Waals surface area contributed by atoms with Crippen LogP contribution in [0.3, 0.4) is 0 Å². The molecule has 1 aromatic rings. The van der Waals surface area contributed by atoms with Crippen molar-refractivity contribution in [2.75, 3.05) is 21.3 Å². The molecule has 14 heavy (non-hydrogen) atoms. The molecule has 0 heterocycles. The van der Waals surface area contributed by atoms with E-state index >= 15 is 0 Å². The molecule has 0 bridgehead atoms. The molecule has 78 valence electrons. The third-order valence-corrected chi connectivity index (χ3v) is 2.47. The topological polar surface area (TPSA) is 27.7 Å². The maximum absolute atomic E-state index is 5.21. The van der Waals surface area contributed by atoms with E-state index in [0.717, 1.165) is 21.5 Å². The Morgan fingerprint density at radius 2 is 1.71 bits per heavy atom. The highest BCUT2D eigenvalue weighted by Gasteiger charge is 2.08. The highest BCUT2D eigenvalue weighted by atomic mass is 79.9. The summed E-state index contributed by atoms with van der Waals surface area (Å²) in [5, 5.41) is 0. The fourth-order valence-electron chi connectivity index (χ4n) is 1.19. The van der Waals surface area contributed by atoms with Gasteiger partial charge in [-0.15, -0.1) is 0 Å². The Hall–Kier alpha value is -0.740. The second kappa shape index (κ2) is 5.22.